The van der Waals surface area contributed by atoms with Gasteiger partial charge in [0.2, 0.25) is 0 Å². The lowest BCUT2D eigenvalue weighted by Gasteiger charge is -2.31. The van der Waals surface area contributed by atoms with E-state index in [-0.39, 0.29) is 11.6 Å². The molecule has 166 valence electrons. The summed E-state index contributed by atoms with van der Waals surface area (Å²) in [7, 11) is 3.17. The maximum Gasteiger partial charge on any atom is 0.273 e. The molecule has 2 heterocycles. The van der Waals surface area contributed by atoms with Crippen molar-refractivity contribution in [3.8, 4) is 11.5 Å². The van der Waals surface area contributed by atoms with Crippen molar-refractivity contribution in [2.45, 2.75) is 25.9 Å². The first-order valence-electron chi connectivity index (χ1n) is 10.4. The molecule has 0 N–H and O–H groups in total. The van der Waals surface area contributed by atoms with Gasteiger partial charge in [-0.1, -0.05) is 6.07 Å². The van der Waals surface area contributed by atoms with Crippen molar-refractivity contribution in [1.82, 2.24) is 9.47 Å². The molecule has 0 aliphatic carbocycles. The molecule has 2 aromatic carbocycles. The van der Waals surface area contributed by atoms with Gasteiger partial charge >= 0.3 is 0 Å². The summed E-state index contributed by atoms with van der Waals surface area (Å²) in [6.45, 7) is 2.95. The molecule has 8 nitrogen and oxygen atoms in total. The number of methoxy groups -OCH3 is 2. The number of aryl methyl sites for hydroxylation is 2. The summed E-state index contributed by atoms with van der Waals surface area (Å²) < 4.78 is 13.1. The molecule has 3 aromatic rings. The minimum absolute atomic E-state index is 0.0614. The molecule has 1 atom stereocenters. The second-order valence-electron chi connectivity index (χ2n) is 7.79. The fourth-order valence-electron chi connectivity index (χ4n) is 4.24. The van der Waals surface area contributed by atoms with Crippen LogP contribution >= 0.6 is 0 Å². The summed E-state index contributed by atoms with van der Waals surface area (Å²) in [5, 5.41) is 11.4. The molecule has 0 radical (unpaired) electrons. The number of hydrogen-bond donors (Lipinski definition) is 0. The summed E-state index contributed by atoms with van der Waals surface area (Å²) in [5.41, 5.74) is 2.56. The van der Waals surface area contributed by atoms with E-state index in [0.29, 0.717) is 29.2 Å². The first kappa shape index (κ1) is 21.4. The van der Waals surface area contributed by atoms with Gasteiger partial charge in [-0.3, -0.25) is 14.9 Å². The zero-order valence-corrected chi connectivity index (χ0v) is 18.3. The second-order valence-corrected chi connectivity index (χ2v) is 7.79. The summed E-state index contributed by atoms with van der Waals surface area (Å²) in [6, 6.07) is 13.8. The van der Waals surface area contributed by atoms with Crippen LogP contribution in [-0.2, 0) is 6.54 Å². The Hall–Kier alpha value is -3.81. The van der Waals surface area contributed by atoms with E-state index >= 15 is 0 Å². The largest absolute Gasteiger partial charge is 0.497 e. The highest BCUT2D eigenvalue weighted by Gasteiger charge is 2.32. The number of fused-ring (bicyclic) bond motifs is 1. The highest BCUT2D eigenvalue weighted by molar-refractivity contribution is 5.95. The van der Waals surface area contributed by atoms with Crippen LogP contribution in [0.3, 0.4) is 0 Å². The van der Waals surface area contributed by atoms with Crippen LogP contribution in [0.1, 0.15) is 39.6 Å². The van der Waals surface area contributed by atoms with E-state index in [2.05, 4.69) is 4.57 Å². The fourth-order valence-corrected chi connectivity index (χ4v) is 4.24. The summed E-state index contributed by atoms with van der Waals surface area (Å²) in [6.07, 6.45) is 2.77. The quantitative estimate of drug-likeness (QED) is 0.439. The summed E-state index contributed by atoms with van der Waals surface area (Å²) in [4.78, 5) is 26.5. The molecule has 32 heavy (non-hydrogen) atoms. The number of carbonyl (C=O) groups excluding carboxylic acids is 1. The first-order chi connectivity index (χ1) is 15.4. The van der Waals surface area contributed by atoms with Crippen molar-refractivity contribution in [2.24, 2.45) is 0 Å². The minimum Gasteiger partial charge on any atom is -0.497 e. The van der Waals surface area contributed by atoms with Crippen molar-refractivity contribution in [3.05, 3.63) is 87.2 Å². The standard InChI is InChI=1S/C24H25N3O5/c1-16-7-8-17(14-22(16)27(29)30)24(28)26-11-5-10-25-9-4-6-21(25)23(26)18-12-19(31-2)15-20(13-18)32-3/h4,6-9,12-15,23H,5,10-11H2,1-3H3. The van der Waals surface area contributed by atoms with E-state index in [0.717, 1.165) is 24.2 Å². The van der Waals surface area contributed by atoms with Gasteiger partial charge in [-0.15, -0.1) is 0 Å². The van der Waals surface area contributed by atoms with E-state index in [4.69, 9.17) is 9.47 Å². The average Bonchev–Trinajstić information content (AvgIpc) is 3.17. The van der Waals surface area contributed by atoms with Gasteiger partial charge in [0.1, 0.15) is 11.5 Å². The predicted molar refractivity (Wildman–Crippen MR) is 119 cm³/mol. The van der Waals surface area contributed by atoms with Gasteiger partial charge in [0.25, 0.3) is 11.6 Å². The first-order valence-corrected chi connectivity index (χ1v) is 10.4. The third kappa shape index (κ3) is 3.91. The van der Waals surface area contributed by atoms with Gasteiger partial charge in [-0.2, -0.15) is 0 Å². The molecule has 0 spiro atoms. The van der Waals surface area contributed by atoms with Crippen LogP contribution in [0.25, 0.3) is 0 Å². The van der Waals surface area contributed by atoms with Gasteiger partial charge in [0.05, 0.1) is 25.2 Å². The zero-order valence-electron chi connectivity index (χ0n) is 18.3. The molecule has 0 saturated heterocycles. The Morgan fingerprint density at radius 3 is 2.44 bits per heavy atom. The SMILES string of the molecule is COc1cc(OC)cc(C2c3cccn3CCCN2C(=O)c2ccc(C)c([N+](=O)[O-])c2)c1. The van der Waals surface area contributed by atoms with Gasteiger partial charge in [0.15, 0.2) is 0 Å². The lowest BCUT2D eigenvalue weighted by Crippen LogP contribution is -2.35. The molecule has 1 unspecified atom stereocenters. The van der Waals surface area contributed by atoms with Crippen LogP contribution in [-0.4, -0.2) is 41.1 Å². The Bertz CT molecular complexity index is 1150. The Balaban J connectivity index is 1.84. The number of carbonyl (C=O) groups is 1. The Kier molecular flexibility index (Phi) is 5.85. The predicted octanol–water partition coefficient (Wildman–Crippen LogP) is 4.36. The number of nitro benzene ring substituents is 1. The second kappa shape index (κ2) is 8.74. The number of nitrogens with zero attached hydrogens (tertiary/aromatic N) is 3. The lowest BCUT2D eigenvalue weighted by molar-refractivity contribution is -0.385. The van der Waals surface area contributed by atoms with E-state index in [9.17, 15) is 14.9 Å². The maximum absolute atomic E-state index is 13.7. The number of ether oxygens (including phenoxy) is 2. The minimum atomic E-state index is -0.454. The van der Waals surface area contributed by atoms with Crippen LogP contribution < -0.4 is 9.47 Å². The van der Waals surface area contributed by atoms with Crippen LogP contribution in [0, 0.1) is 17.0 Å². The highest BCUT2D eigenvalue weighted by Crippen LogP contribution is 2.37. The molecule has 1 aromatic heterocycles. The Morgan fingerprint density at radius 2 is 1.78 bits per heavy atom. The lowest BCUT2D eigenvalue weighted by atomic mass is 9.99. The molecule has 0 saturated carbocycles. The number of hydrogen-bond acceptors (Lipinski definition) is 5. The molecule has 8 heteroatoms. The van der Waals surface area contributed by atoms with Crippen molar-refractivity contribution in [1.29, 1.82) is 0 Å². The van der Waals surface area contributed by atoms with Crippen LogP contribution in [0.4, 0.5) is 5.69 Å². The number of aromatic nitrogens is 1. The molecular weight excluding hydrogens is 410 g/mol. The van der Waals surface area contributed by atoms with Gasteiger partial charge in [-0.05, 0) is 49.2 Å². The topological polar surface area (TPSA) is 86.8 Å². The zero-order chi connectivity index (χ0) is 22.8. The number of rotatable bonds is 5. The number of nitro groups is 1. The molecule has 4 rings (SSSR count). The number of benzene rings is 2. The summed E-state index contributed by atoms with van der Waals surface area (Å²) >= 11 is 0. The normalized spacial score (nSPS) is 15.6. The molecule has 1 aliphatic rings. The molecule has 0 bridgehead atoms. The van der Waals surface area contributed by atoms with Crippen molar-refractivity contribution in [3.63, 3.8) is 0 Å². The summed E-state index contributed by atoms with van der Waals surface area (Å²) in [5.74, 6) is 0.995. The molecule has 1 aliphatic heterocycles. The van der Waals surface area contributed by atoms with Crippen LogP contribution in [0.15, 0.2) is 54.7 Å². The molecule has 0 fully saturated rings. The van der Waals surface area contributed by atoms with Crippen LogP contribution in [0.2, 0.25) is 0 Å². The van der Waals surface area contributed by atoms with Gasteiger partial charge in [0, 0.05) is 48.2 Å². The van der Waals surface area contributed by atoms with E-state index in [1.807, 2.05) is 30.5 Å². The van der Waals surface area contributed by atoms with E-state index < -0.39 is 11.0 Å². The van der Waals surface area contributed by atoms with Crippen molar-refractivity contribution >= 4 is 11.6 Å². The fraction of sp³-hybridized carbons (Fsp3) is 0.292. The Labute approximate surface area is 186 Å². The molecule has 1 amide bonds. The third-order valence-corrected chi connectivity index (χ3v) is 5.86. The monoisotopic (exact) mass is 435 g/mol. The van der Waals surface area contributed by atoms with Crippen molar-refractivity contribution < 1.29 is 19.2 Å². The van der Waals surface area contributed by atoms with E-state index in [1.54, 1.807) is 44.2 Å². The molecular formula is C24H25N3O5. The average molecular weight is 435 g/mol. The Morgan fingerprint density at radius 1 is 1.06 bits per heavy atom. The van der Waals surface area contributed by atoms with Crippen molar-refractivity contribution in [2.75, 3.05) is 20.8 Å². The maximum atomic E-state index is 13.7. The van der Waals surface area contributed by atoms with Gasteiger partial charge < -0.3 is 18.9 Å². The van der Waals surface area contributed by atoms with Gasteiger partial charge in [-0.25, -0.2) is 0 Å². The number of amides is 1. The smallest absolute Gasteiger partial charge is 0.273 e. The third-order valence-electron chi connectivity index (χ3n) is 5.86. The van der Waals surface area contributed by atoms with Crippen LogP contribution in [0.5, 0.6) is 11.5 Å². The van der Waals surface area contributed by atoms with E-state index in [1.165, 1.54) is 6.07 Å². The highest BCUT2D eigenvalue weighted by atomic mass is 16.6.